The number of halogens is 3. The molecule has 1 atom stereocenters. The Labute approximate surface area is 163 Å². The fraction of sp³-hybridized carbons (Fsp3) is 0.316. The van der Waals surface area contributed by atoms with E-state index in [4.69, 9.17) is 9.68 Å². The average molecular weight is 407 g/mol. The van der Waals surface area contributed by atoms with Crippen LogP contribution in [-0.2, 0) is 4.79 Å². The zero-order valence-corrected chi connectivity index (χ0v) is 15.0. The standard InChI is InChI=1S/C19H16F3N3O4/c20-19(21,22)11-29-15-6-5-13(9-12(15)10-23)24-17(26)14-3-1-7-25(14)18(27)16-4-2-8-28-16/h2,4-6,8-9,14H,1,3,7,11H2,(H,24,26). The molecule has 1 aliphatic heterocycles. The van der Waals surface area contributed by atoms with E-state index in [1.165, 1.54) is 35.4 Å². The molecular weight excluding hydrogens is 391 g/mol. The molecule has 2 amide bonds. The molecular formula is C19H16F3N3O4. The van der Waals surface area contributed by atoms with Gasteiger partial charge >= 0.3 is 6.18 Å². The Hall–Kier alpha value is -3.48. The van der Waals surface area contributed by atoms with Gasteiger partial charge in [0.1, 0.15) is 17.9 Å². The van der Waals surface area contributed by atoms with Gasteiger partial charge in [0, 0.05) is 12.2 Å². The summed E-state index contributed by atoms with van der Waals surface area (Å²) in [7, 11) is 0. The second-order valence-electron chi connectivity index (χ2n) is 6.35. The zero-order valence-electron chi connectivity index (χ0n) is 15.0. The molecule has 10 heteroatoms. The number of nitrogens with one attached hydrogen (secondary N) is 1. The topological polar surface area (TPSA) is 95.6 Å². The maximum absolute atomic E-state index is 12.6. The first-order valence-electron chi connectivity index (χ1n) is 8.67. The number of nitriles is 1. The number of nitrogens with zero attached hydrogens (tertiary/aromatic N) is 2. The number of carbonyl (C=O) groups is 2. The fourth-order valence-corrected chi connectivity index (χ4v) is 3.03. The van der Waals surface area contributed by atoms with E-state index in [0.717, 1.165) is 0 Å². The number of benzene rings is 1. The predicted molar refractivity (Wildman–Crippen MR) is 94.1 cm³/mol. The zero-order chi connectivity index (χ0) is 21.0. The lowest BCUT2D eigenvalue weighted by Crippen LogP contribution is -2.43. The molecule has 0 bridgehead atoms. The summed E-state index contributed by atoms with van der Waals surface area (Å²) in [6.07, 6.45) is -2.08. The highest BCUT2D eigenvalue weighted by Crippen LogP contribution is 2.26. The third-order valence-electron chi connectivity index (χ3n) is 4.31. The van der Waals surface area contributed by atoms with E-state index in [1.54, 1.807) is 12.1 Å². The first kappa shape index (κ1) is 20.3. The van der Waals surface area contributed by atoms with E-state index in [-0.39, 0.29) is 22.8 Å². The van der Waals surface area contributed by atoms with Crippen molar-refractivity contribution in [2.45, 2.75) is 25.1 Å². The van der Waals surface area contributed by atoms with Gasteiger partial charge in [-0.05, 0) is 43.2 Å². The van der Waals surface area contributed by atoms with E-state index in [1.807, 2.05) is 0 Å². The normalized spacial score (nSPS) is 16.3. The minimum Gasteiger partial charge on any atom is -0.483 e. The molecule has 0 saturated carbocycles. The third-order valence-corrected chi connectivity index (χ3v) is 4.31. The molecule has 3 rings (SSSR count). The molecule has 0 aliphatic carbocycles. The number of rotatable bonds is 5. The molecule has 1 saturated heterocycles. The van der Waals surface area contributed by atoms with Gasteiger partial charge in [0.15, 0.2) is 12.4 Å². The van der Waals surface area contributed by atoms with Crippen LogP contribution < -0.4 is 10.1 Å². The Bertz CT molecular complexity index is 935. The molecule has 29 heavy (non-hydrogen) atoms. The smallest absolute Gasteiger partial charge is 0.422 e. The summed E-state index contributed by atoms with van der Waals surface area (Å²) in [5, 5.41) is 11.7. The molecule has 0 radical (unpaired) electrons. The number of alkyl halides is 3. The first-order chi connectivity index (χ1) is 13.8. The Kier molecular flexibility index (Phi) is 5.77. The number of carbonyl (C=O) groups excluding carboxylic acids is 2. The van der Waals surface area contributed by atoms with Crippen LogP contribution in [0.2, 0.25) is 0 Å². The van der Waals surface area contributed by atoms with Crippen molar-refractivity contribution in [2.75, 3.05) is 18.5 Å². The molecule has 1 aromatic carbocycles. The number of anilines is 1. The summed E-state index contributed by atoms with van der Waals surface area (Å²) in [6, 6.07) is 7.83. The molecule has 2 heterocycles. The molecule has 2 aromatic rings. The van der Waals surface area contributed by atoms with Crippen LogP contribution in [0, 0.1) is 11.3 Å². The monoisotopic (exact) mass is 407 g/mol. The predicted octanol–water partition coefficient (Wildman–Crippen LogP) is 3.34. The van der Waals surface area contributed by atoms with Crippen LogP contribution in [-0.4, -0.2) is 42.1 Å². The summed E-state index contributed by atoms with van der Waals surface area (Å²) in [6.45, 7) is -1.13. The highest BCUT2D eigenvalue weighted by atomic mass is 19.4. The Balaban J connectivity index is 1.70. The quantitative estimate of drug-likeness (QED) is 0.820. The maximum atomic E-state index is 12.6. The van der Waals surface area contributed by atoms with Gasteiger partial charge in [-0.3, -0.25) is 9.59 Å². The van der Waals surface area contributed by atoms with Crippen LogP contribution in [0.5, 0.6) is 5.75 Å². The van der Waals surface area contributed by atoms with Gasteiger partial charge in [0.2, 0.25) is 5.91 Å². The summed E-state index contributed by atoms with van der Waals surface area (Å²) >= 11 is 0. The lowest BCUT2D eigenvalue weighted by Gasteiger charge is -2.23. The van der Waals surface area contributed by atoms with E-state index in [0.29, 0.717) is 19.4 Å². The second-order valence-corrected chi connectivity index (χ2v) is 6.35. The van der Waals surface area contributed by atoms with Crippen molar-refractivity contribution in [3.8, 4) is 11.8 Å². The largest absolute Gasteiger partial charge is 0.483 e. The van der Waals surface area contributed by atoms with Crippen LogP contribution in [0.4, 0.5) is 18.9 Å². The van der Waals surface area contributed by atoms with E-state index >= 15 is 0 Å². The van der Waals surface area contributed by atoms with Gasteiger partial charge in [-0.25, -0.2) is 0 Å². The van der Waals surface area contributed by atoms with Crippen LogP contribution in [0.25, 0.3) is 0 Å². The van der Waals surface area contributed by atoms with Gasteiger partial charge in [-0.1, -0.05) is 0 Å². The lowest BCUT2D eigenvalue weighted by molar-refractivity contribution is -0.153. The minimum atomic E-state index is -4.54. The number of likely N-dealkylation sites (tertiary alicyclic amines) is 1. The number of hydrogen-bond acceptors (Lipinski definition) is 5. The SMILES string of the molecule is N#Cc1cc(NC(=O)C2CCCN2C(=O)c2ccco2)ccc1OCC(F)(F)F. The van der Waals surface area contributed by atoms with Crippen molar-refractivity contribution in [3.63, 3.8) is 0 Å². The number of ether oxygens (including phenoxy) is 1. The molecule has 1 aliphatic rings. The molecule has 1 unspecified atom stereocenters. The molecule has 7 nitrogen and oxygen atoms in total. The van der Waals surface area contributed by atoms with Gasteiger partial charge in [0.25, 0.3) is 5.91 Å². The Morgan fingerprint density at radius 1 is 1.34 bits per heavy atom. The van der Waals surface area contributed by atoms with Crippen LogP contribution in [0.1, 0.15) is 29.0 Å². The Morgan fingerprint density at radius 2 is 2.14 bits per heavy atom. The van der Waals surface area contributed by atoms with Crippen molar-refractivity contribution < 1.29 is 31.9 Å². The number of hydrogen-bond donors (Lipinski definition) is 1. The van der Waals surface area contributed by atoms with E-state index < -0.39 is 30.6 Å². The number of furan rings is 1. The Morgan fingerprint density at radius 3 is 2.79 bits per heavy atom. The van der Waals surface area contributed by atoms with Crippen molar-refractivity contribution >= 4 is 17.5 Å². The third kappa shape index (κ3) is 4.87. The number of amides is 2. The van der Waals surface area contributed by atoms with Gasteiger partial charge in [0.05, 0.1) is 11.8 Å². The maximum Gasteiger partial charge on any atom is 0.422 e. The second kappa shape index (κ2) is 8.26. The van der Waals surface area contributed by atoms with Gasteiger partial charge in [-0.2, -0.15) is 18.4 Å². The molecule has 1 N–H and O–H groups in total. The molecule has 152 valence electrons. The summed E-state index contributed by atoms with van der Waals surface area (Å²) in [5.41, 5.74) is 0.0604. The van der Waals surface area contributed by atoms with Gasteiger partial charge in [-0.15, -0.1) is 0 Å². The van der Waals surface area contributed by atoms with Crippen molar-refractivity contribution in [3.05, 3.63) is 47.9 Å². The van der Waals surface area contributed by atoms with E-state index in [2.05, 4.69) is 10.1 Å². The van der Waals surface area contributed by atoms with Crippen molar-refractivity contribution in [1.29, 1.82) is 5.26 Å². The van der Waals surface area contributed by atoms with E-state index in [9.17, 15) is 22.8 Å². The molecule has 1 aromatic heterocycles. The minimum absolute atomic E-state index is 0.127. The molecule has 1 fully saturated rings. The van der Waals surface area contributed by atoms with Crippen molar-refractivity contribution in [2.24, 2.45) is 0 Å². The fourth-order valence-electron chi connectivity index (χ4n) is 3.03. The summed E-state index contributed by atoms with van der Waals surface area (Å²) < 4.78 is 46.6. The summed E-state index contributed by atoms with van der Waals surface area (Å²) in [5.74, 6) is -0.975. The van der Waals surface area contributed by atoms with Crippen LogP contribution in [0.15, 0.2) is 41.0 Å². The highest BCUT2D eigenvalue weighted by Gasteiger charge is 2.35. The van der Waals surface area contributed by atoms with Crippen molar-refractivity contribution in [1.82, 2.24) is 4.90 Å². The first-order valence-corrected chi connectivity index (χ1v) is 8.67. The summed E-state index contributed by atoms with van der Waals surface area (Å²) in [4.78, 5) is 26.5. The van der Waals surface area contributed by atoms with Crippen LogP contribution >= 0.6 is 0 Å². The van der Waals surface area contributed by atoms with Crippen LogP contribution in [0.3, 0.4) is 0 Å². The van der Waals surface area contributed by atoms with Gasteiger partial charge < -0.3 is 19.4 Å². The lowest BCUT2D eigenvalue weighted by atomic mass is 10.1. The highest BCUT2D eigenvalue weighted by molar-refractivity contribution is 6.00. The average Bonchev–Trinajstić information content (AvgIpc) is 3.37. The molecule has 0 spiro atoms.